The Kier molecular flexibility index (Phi) is 3.98. The molecule has 0 bridgehead atoms. The molecule has 2 aromatic carbocycles. The van der Waals surface area contributed by atoms with Crippen LogP contribution in [0.1, 0.15) is 18.4 Å². The molecule has 0 aliphatic heterocycles. The number of phenolic OH excluding ortho intramolecular Hbond substituents is 1. The fourth-order valence-corrected chi connectivity index (χ4v) is 3.12. The van der Waals surface area contributed by atoms with Crippen LogP contribution in [-0.2, 0) is 10.2 Å². The zero-order valence-electron chi connectivity index (χ0n) is 11.4. The second kappa shape index (κ2) is 5.65. The van der Waals surface area contributed by atoms with E-state index in [9.17, 15) is 9.90 Å². The number of aromatic hydroxyl groups is 1. The lowest BCUT2D eigenvalue weighted by atomic mass is 9.95. The first-order valence-corrected chi connectivity index (χ1v) is 7.81. The number of rotatable bonds is 3. The Labute approximate surface area is 142 Å². The number of phenols is 1. The van der Waals surface area contributed by atoms with Gasteiger partial charge in [0.1, 0.15) is 0 Å². The Morgan fingerprint density at radius 2 is 1.73 bits per heavy atom. The molecule has 1 aliphatic rings. The van der Waals surface area contributed by atoms with Crippen LogP contribution in [0.5, 0.6) is 5.75 Å². The van der Waals surface area contributed by atoms with Gasteiger partial charge in [-0.25, -0.2) is 0 Å². The van der Waals surface area contributed by atoms with Crippen LogP contribution in [-0.4, -0.2) is 11.0 Å². The van der Waals surface area contributed by atoms with E-state index in [-0.39, 0.29) is 21.7 Å². The van der Waals surface area contributed by atoms with E-state index in [1.807, 2.05) is 18.2 Å². The number of anilines is 1. The molecule has 114 valence electrons. The first kappa shape index (κ1) is 15.5. The Balaban J connectivity index is 1.86. The summed E-state index contributed by atoms with van der Waals surface area (Å²) >= 11 is 17.7. The third-order valence-corrected chi connectivity index (χ3v) is 4.65. The van der Waals surface area contributed by atoms with Crippen LogP contribution in [0.3, 0.4) is 0 Å². The summed E-state index contributed by atoms with van der Waals surface area (Å²) in [5.41, 5.74) is 0.793. The van der Waals surface area contributed by atoms with Crippen LogP contribution >= 0.6 is 34.8 Å². The van der Waals surface area contributed by atoms with Crippen LogP contribution in [0, 0.1) is 0 Å². The summed E-state index contributed by atoms with van der Waals surface area (Å²) in [5, 5.41) is 13.2. The summed E-state index contributed by atoms with van der Waals surface area (Å²) < 4.78 is 0. The average molecular weight is 357 g/mol. The van der Waals surface area contributed by atoms with Gasteiger partial charge in [0.15, 0.2) is 5.75 Å². The van der Waals surface area contributed by atoms with Crippen LogP contribution in [0.15, 0.2) is 36.4 Å². The maximum absolute atomic E-state index is 12.6. The summed E-state index contributed by atoms with van der Waals surface area (Å²) in [4.78, 5) is 12.6. The monoisotopic (exact) mass is 355 g/mol. The van der Waals surface area contributed by atoms with Gasteiger partial charge in [-0.15, -0.1) is 0 Å². The predicted molar refractivity (Wildman–Crippen MR) is 89.1 cm³/mol. The zero-order chi connectivity index (χ0) is 15.9. The van der Waals surface area contributed by atoms with Crippen molar-refractivity contribution in [1.29, 1.82) is 0 Å². The second-order valence-electron chi connectivity index (χ2n) is 5.34. The molecular weight excluding hydrogens is 345 g/mol. The van der Waals surface area contributed by atoms with Crippen LogP contribution < -0.4 is 5.32 Å². The molecule has 6 heteroatoms. The highest BCUT2D eigenvalue weighted by Gasteiger charge is 2.51. The normalized spacial score (nSPS) is 15.4. The Hall–Kier alpha value is -1.42. The van der Waals surface area contributed by atoms with Gasteiger partial charge in [-0.05, 0) is 42.7 Å². The maximum atomic E-state index is 12.6. The van der Waals surface area contributed by atoms with Gasteiger partial charge in [0.2, 0.25) is 5.91 Å². The van der Waals surface area contributed by atoms with Crippen LogP contribution in [0.4, 0.5) is 5.69 Å². The van der Waals surface area contributed by atoms with Gasteiger partial charge in [0.05, 0.1) is 15.5 Å². The van der Waals surface area contributed by atoms with Gasteiger partial charge < -0.3 is 10.4 Å². The standard InChI is InChI=1S/C16H12Cl3NO2/c17-10-3-1-2-9(6-10)16(4-5-16)15(22)20-11-7-12(18)14(21)13(19)8-11/h1-3,6-8,21H,4-5H2,(H,20,22). The van der Waals surface area contributed by atoms with E-state index in [1.165, 1.54) is 12.1 Å². The fraction of sp³-hybridized carbons (Fsp3) is 0.188. The Bertz CT molecular complexity index is 734. The maximum Gasteiger partial charge on any atom is 0.235 e. The highest BCUT2D eigenvalue weighted by Crippen LogP contribution is 2.49. The minimum absolute atomic E-state index is 0.0930. The van der Waals surface area contributed by atoms with Crippen molar-refractivity contribution in [3.05, 3.63) is 57.0 Å². The van der Waals surface area contributed by atoms with E-state index in [0.717, 1.165) is 18.4 Å². The van der Waals surface area contributed by atoms with Crippen molar-refractivity contribution in [3.63, 3.8) is 0 Å². The first-order chi connectivity index (χ1) is 10.4. The molecule has 2 N–H and O–H groups in total. The van der Waals surface area contributed by atoms with Gasteiger partial charge in [0, 0.05) is 10.7 Å². The molecule has 0 spiro atoms. The molecule has 1 fully saturated rings. The summed E-state index contributed by atoms with van der Waals surface area (Å²) in [6.45, 7) is 0. The highest BCUT2D eigenvalue weighted by molar-refractivity contribution is 6.37. The number of halogens is 3. The molecule has 3 rings (SSSR count). The third-order valence-electron chi connectivity index (χ3n) is 3.84. The number of nitrogens with one attached hydrogen (secondary N) is 1. The van der Waals surface area contributed by atoms with Crippen LogP contribution in [0.25, 0.3) is 0 Å². The molecule has 0 saturated heterocycles. The molecule has 3 nitrogen and oxygen atoms in total. The first-order valence-electron chi connectivity index (χ1n) is 6.68. The van der Waals surface area contributed by atoms with E-state index in [0.29, 0.717) is 10.7 Å². The Morgan fingerprint density at radius 3 is 2.27 bits per heavy atom. The zero-order valence-corrected chi connectivity index (χ0v) is 13.6. The lowest BCUT2D eigenvalue weighted by Gasteiger charge is -2.16. The molecule has 0 radical (unpaired) electrons. The Morgan fingerprint density at radius 1 is 1.09 bits per heavy atom. The number of benzene rings is 2. The molecule has 2 aromatic rings. The van der Waals surface area contributed by atoms with E-state index in [2.05, 4.69) is 5.32 Å². The SMILES string of the molecule is O=C(Nc1cc(Cl)c(O)c(Cl)c1)C1(c2cccc(Cl)c2)CC1. The highest BCUT2D eigenvalue weighted by atomic mass is 35.5. The molecule has 22 heavy (non-hydrogen) atoms. The van der Waals surface area contributed by atoms with E-state index < -0.39 is 5.41 Å². The smallest absolute Gasteiger partial charge is 0.235 e. The fourth-order valence-electron chi connectivity index (χ4n) is 2.45. The largest absolute Gasteiger partial charge is 0.505 e. The van der Waals surface area contributed by atoms with E-state index in [1.54, 1.807) is 6.07 Å². The number of carbonyl (C=O) groups excluding carboxylic acids is 1. The van der Waals surface area contributed by atoms with E-state index >= 15 is 0 Å². The summed E-state index contributed by atoms with van der Waals surface area (Å²) in [6.07, 6.45) is 1.53. The number of hydrogen-bond acceptors (Lipinski definition) is 2. The second-order valence-corrected chi connectivity index (χ2v) is 6.59. The van der Waals surface area contributed by atoms with E-state index in [4.69, 9.17) is 34.8 Å². The molecular formula is C16H12Cl3NO2. The van der Waals surface area contributed by atoms with Gasteiger partial charge in [0.25, 0.3) is 0 Å². The molecule has 1 aliphatic carbocycles. The minimum Gasteiger partial charge on any atom is -0.505 e. The van der Waals surface area contributed by atoms with Crippen molar-refractivity contribution < 1.29 is 9.90 Å². The summed E-state index contributed by atoms with van der Waals surface area (Å²) in [6, 6.07) is 10.3. The lowest BCUT2D eigenvalue weighted by Crippen LogP contribution is -2.27. The number of carbonyl (C=O) groups is 1. The average Bonchev–Trinajstić information content (AvgIpc) is 3.26. The van der Waals surface area contributed by atoms with Gasteiger partial charge in [-0.2, -0.15) is 0 Å². The topological polar surface area (TPSA) is 49.3 Å². The van der Waals surface area contributed by atoms with Gasteiger partial charge in [-0.1, -0.05) is 46.9 Å². The van der Waals surface area contributed by atoms with Crippen molar-refractivity contribution in [2.45, 2.75) is 18.3 Å². The molecule has 0 heterocycles. The predicted octanol–water partition coefficient (Wildman–Crippen LogP) is 5.02. The summed E-state index contributed by atoms with van der Waals surface area (Å²) in [7, 11) is 0. The van der Waals surface area contributed by atoms with Crippen molar-refractivity contribution in [1.82, 2.24) is 0 Å². The molecule has 1 amide bonds. The number of amides is 1. The summed E-state index contributed by atoms with van der Waals surface area (Å²) in [5.74, 6) is -0.329. The molecule has 0 unspecified atom stereocenters. The lowest BCUT2D eigenvalue weighted by molar-refractivity contribution is -0.118. The minimum atomic E-state index is -0.554. The van der Waals surface area contributed by atoms with Gasteiger partial charge in [-0.3, -0.25) is 4.79 Å². The van der Waals surface area contributed by atoms with Crippen molar-refractivity contribution in [2.75, 3.05) is 5.32 Å². The molecule has 0 aromatic heterocycles. The van der Waals surface area contributed by atoms with Crippen molar-refractivity contribution in [3.8, 4) is 5.75 Å². The van der Waals surface area contributed by atoms with Crippen molar-refractivity contribution >= 4 is 46.4 Å². The van der Waals surface area contributed by atoms with Crippen LogP contribution in [0.2, 0.25) is 15.1 Å². The quantitative estimate of drug-likeness (QED) is 0.758. The molecule has 0 atom stereocenters. The molecule has 1 saturated carbocycles. The third kappa shape index (κ3) is 2.76. The van der Waals surface area contributed by atoms with Crippen molar-refractivity contribution in [2.24, 2.45) is 0 Å². The number of hydrogen-bond donors (Lipinski definition) is 2. The van der Waals surface area contributed by atoms with Gasteiger partial charge >= 0.3 is 0 Å².